The van der Waals surface area contributed by atoms with Gasteiger partial charge in [0, 0.05) is 18.0 Å². The lowest BCUT2D eigenvalue weighted by Crippen LogP contribution is -2.27. The van der Waals surface area contributed by atoms with Gasteiger partial charge in [-0.25, -0.2) is 9.97 Å². The fourth-order valence-electron chi connectivity index (χ4n) is 2.45. The first-order valence-electron chi connectivity index (χ1n) is 8.06. The Hall–Kier alpha value is -2.43. The molecule has 0 saturated heterocycles. The van der Waals surface area contributed by atoms with Crippen molar-refractivity contribution in [2.75, 3.05) is 7.11 Å². The van der Waals surface area contributed by atoms with Crippen LogP contribution in [-0.4, -0.2) is 32.1 Å². The summed E-state index contributed by atoms with van der Waals surface area (Å²) in [5.74, 6) is 0.782. The van der Waals surface area contributed by atoms with E-state index >= 15 is 0 Å². The fraction of sp³-hybridized carbons (Fsp3) is 0.368. The van der Waals surface area contributed by atoms with Gasteiger partial charge in [0.15, 0.2) is 5.69 Å². The van der Waals surface area contributed by atoms with E-state index in [0.717, 1.165) is 22.4 Å². The number of benzene rings is 1. The normalized spacial score (nSPS) is 13.2. The summed E-state index contributed by atoms with van der Waals surface area (Å²) in [6, 6.07) is 5.81. The third kappa shape index (κ3) is 4.21. The smallest absolute Gasteiger partial charge is 0.168 e. The highest BCUT2D eigenvalue weighted by Gasteiger charge is 2.29. The van der Waals surface area contributed by atoms with Crippen LogP contribution in [0.1, 0.15) is 48.8 Å². The molecule has 0 aliphatic carbocycles. The van der Waals surface area contributed by atoms with Gasteiger partial charge in [-0.2, -0.15) is 5.26 Å². The van der Waals surface area contributed by atoms with Crippen molar-refractivity contribution in [3.8, 4) is 11.8 Å². The van der Waals surface area contributed by atoms with Gasteiger partial charge in [-0.05, 0) is 57.9 Å². The Labute approximate surface area is 157 Å². The van der Waals surface area contributed by atoms with Crippen LogP contribution in [0, 0.1) is 25.2 Å². The summed E-state index contributed by atoms with van der Waals surface area (Å²) < 4.78 is 22.0. The average Bonchev–Trinajstić information content (AvgIpc) is 2.58. The molecule has 0 radical (unpaired) electrons. The molecule has 26 heavy (non-hydrogen) atoms. The summed E-state index contributed by atoms with van der Waals surface area (Å²) in [4.78, 5) is 8.35. The molecule has 2 rings (SSSR count). The lowest BCUT2D eigenvalue weighted by atomic mass is 10.00. The maximum atomic E-state index is 12.7. The van der Waals surface area contributed by atoms with Crippen molar-refractivity contribution < 1.29 is 9.29 Å². The second kappa shape index (κ2) is 7.85. The van der Waals surface area contributed by atoms with Crippen LogP contribution in [0.2, 0.25) is 0 Å². The first-order valence-corrected chi connectivity index (χ1v) is 9.17. The lowest BCUT2D eigenvalue weighted by molar-refractivity contribution is 0.408. The van der Waals surface area contributed by atoms with Crippen LogP contribution >= 0.6 is 0 Å². The van der Waals surface area contributed by atoms with Crippen LogP contribution < -0.4 is 4.74 Å². The van der Waals surface area contributed by atoms with Gasteiger partial charge in [-0.15, -0.1) is 0 Å². The maximum absolute atomic E-state index is 12.7. The third-order valence-electron chi connectivity index (χ3n) is 3.66. The summed E-state index contributed by atoms with van der Waals surface area (Å²) in [6.07, 6.45) is 2.94. The largest absolute Gasteiger partial charge is 0.591 e. The number of nitriles is 1. The van der Waals surface area contributed by atoms with E-state index in [9.17, 15) is 9.81 Å². The van der Waals surface area contributed by atoms with Crippen LogP contribution in [0.3, 0.4) is 0 Å². The van der Waals surface area contributed by atoms with Crippen molar-refractivity contribution in [2.24, 2.45) is 4.40 Å². The van der Waals surface area contributed by atoms with E-state index in [2.05, 4.69) is 14.4 Å². The Kier molecular flexibility index (Phi) is 6.01. The number of hydrogen-bond donors (Lipinski definition) is 0. The van der Waals surface area contributed by atoms with Crippen molar-refractivity contribution in [1.29, 1.82) is 5.26 Å². The molecule has 0 aliphatic heterocycles. The topological polar surface area (TPSA) is 94.2 Å². The molecule has 1 atom stereocenters. The van der Waals surface area contributed by atoms with Crippen LogP contribution in [0.5, 0.6) is 5.75 Å². The summed E-state index contributed by atoms with van der Waals surface area (Å²) in [7, 11) is 1.62. The second-order valence-corrected chi connectivity index (χ2v) is 8.72. The molecule has 0 amide bonds. The molecule has 0 bridgehead atoms. The molecule has 1 heterocycles. The highest BCUT2D eigenvalue weighted by molar-refractivity contribution is 7.91. The Morgan fingerprint density at radius 1 is 1.19 bits per heavy atom. The molecule has 7 heteroatoms. The van der Waals surface area contributed by atoms with Gasteiger partial charge < -0.3 is 9.29 Å². The van der Waals surface area contributed by atoms with Crippen molar-refractivity contribution in [3.05, 3.63) is 52.6 Å². The third-order valence-corrected chi connectivity index (χ3v) is 5.06. The van der Waals surface area contributed by atoms with Gasteiger partial charge in [0.1, 0.15) is 39.3 Å². The van der Waals surface area contributed by atoms with Gasteiger partial charge in [-0.1, -0.05) is 4.40 Å². The minimum absolute atomic E-state index is 0.142. The summed E-state index contributed by atoms with van der Waals surface area (Å²) in [6.45, 7) is 9.38. The quantitative estimate of drug-likeness (QED) is 0.608. The molecule has 1 aromatic carbocycles. The molecule has 0 N–H and O–H groups in total. The van der Waals surface area contributed by atoms with Crippen LogP contribution in [0.15, 0.2) is 28.9 Å². The minimum atomic E-state index is -1.52. The first-order chi connectivity index (χ1) is 12.2. The number of rotatable bonds is 4. The number of ether oxygens (including phenoxy) is 1. The molecule has 0 spiro atoms. The molecule has 136 valence electrons. The molecule has 1 unspecified atom stereocenters. The molecule has 6 nitrogen and oxygen atoms in total. The van der Waals surface area contributed by atoms with Crippen LogP contribution in [-0.2, 0) is 11.4 Å². The van der Waals surface area contributed by atoms with E-state index < -0.39 is 16.1 Å². The predicted molar refractivity (Wildman–Crippen MR) is 103 cm³/mol. The van der Waals surface area contributed by atoms with Crippen molar-refractivity contribution in [3.63, 3.8) is 0 Å². The summed E-state index contributed by atoms with van der Waals surface area (Å²) >= 11 is -1.52. The van der Waals surface area contributed by atoms with Gasteiger partial charge in [0.25, 0.3) is 0 Å². The fourth-order valence-corrected chi connectivity index (χ4v) is 3.09. The number of nitrogens with zero attached hydrogens (tertiary/aromatic N) is 4. The average molecular weight is 370 g/mol. The van der Waals surface area contributed by atoms with E-state index in [0.29, 0.717) is 11.4 Å². The van der Waals surface area contributed by atoms with Crippen molar-refractivity contribution in [2.45, 2.75) is 39.4 Å². The maximum Gasteiger partial charge on any atom is 0.168 e. The predicted octanol–water partition coefficient (Wildman–Crippen LogP) is 3.27. The Morgan fingerprint density at radius 3 is 2.27 bits per heavy atom. The number of aryl methyl sites for hydroxylation is 2. The van der Waals surface area contributed by atoms with E-state index in [1.165, 1.54) is 12.4 Å². The van der Waals surface area contributed by atoms with Gasteiger partial charge in [0.05, 0.1) is 7.11 Å². The van der Waals surface area contributed by atoms with E-state index in [-0.39, 0.29) is 5.69 Å². The molecular weight excluding hydrogens is 348 g/mol. The zero-order valence-corrected chi connectivity index (χ0v) is 16.6. The number of hydrogen-bond acceptors (Lipinski definition) is 6. The Morgan fingerprint density at radius 2 is 1.77 bits per heavy atom. The highest BCUT2D eigenvalue weighted by atomic mass is 32.2. The lowest BCUT2D eigenvalue weighted by Gasteiger charge is -2.20. The first kappa shape index (κ1) is 19.9. The second-order valence-electron chi connectivity index (χ2n) is 6.81. The molecule has 0 saturated carbocycles. The SMILES string of the molecule is COc1c(C)cc(/C(=N/[S+]([O-])C(C)(C)C)c2nccnc2C#N)cc1C. The number of methoxy groups -OCH3 is 1. The van der Waals surface area contributed by atoms with Crippen molar-refractivity contribution in [1.82, 2.24) is 9.97 Å². The van der Waals surface area contributed by atoms with Crippen LogP contribution in [0.4, 0.5) is 0 Å². The van der Waals surface area contributed by atoms with Gasteiger partial charge in [0.2, 0.25) is 0 Å². The molecule has 0 fully saturated rings. The molecule has 2 aromatic rings. The zero-order chi connectivity index (χ0) is 19.5. The van der Waals surface area contributed by atoms with E-state index in [4.69, 9.17) is 4.74 Å². The number of aromatic nitrogens is 2. The summed E-state index contributed by atoms with van der Waals surface area (Å²) in [5.41, 5.74) is 3.39. The van der Waals surface area contributed by atoms with E-state index in [1.54, 1.807) is 7.11 Å². The van der Waals surface area contributed by atoms with E-state index in [1.807, 2.05) is 52.8 Å². The molecule has 1 aromatic heterocycles. The standard InChI is InChI=1S/C19H22N4O2S/c1-12-9-14(10-13(2)18(12)25-6)16(23-26(24)19(3,4)5)17-15(11-20)21-7-8-22-17/h7-10H,1-6H3/b23-16-. The molecular formula is C19H22N4O2S. The molecule has 0 aliphatic rings. The van der Waals surface area contributed by atoms with Crippen molar-refractivity contribution >= 4 is 17.1 Å². The zero-order valence-electron chi connectivity index (χ0n) is 15.8. The van der Waals surface area contributed by atoms with Gasteiger partial charge in [-0.3, -0.25) is 0 Å². The Bertz CT molecular complexity index is 859. The monoisotopic (exact) mass is 370 g/mol. The highest BCUT2D eigenvalue weighted by Crippen LogP contribution is 2.27. The Balaban J connectivity index is 2.74. The summed E-state index contributed by atoms with van der Waals surface area (Å²) in [5, 5.41) is 9.40. The minimum Gasteiger partial charge on any atom is -0.591 e. The van der Waals surface area contributed by atoms with Gasteiger partial charge >= 0.3 is 0 Å². The van der Waals surface area contributed by atoms with Crippen LogP contribution in [0.25, 0.3) is 0 Å².